The number of carbonyl (C=O) groups excluding carboxylic acids is 2. The number of carbonyl (C=O) groups is 2. The summed E-state index contributed by atoms with van der Waals surface area (Å²) < 4.78 is 5.83. The molecule has 1 aliphatic rings. The van der Waals surface area contributed by atoms with Crippen molar-refractivity contribution in [1.29, 1.82) is 0 Å². The number of aromatic amines is 1. The third-order valence-corrected chi connectivity index (χ3v) is 5.70. The van der Waals surface area contributed by atoms with E-state index in [1.165, 1.54) is 11.3 Å². The molecule has 2 amide bonds. The van der Waals surface area contributed by atoms with Gasteiger partial charge in [0.1, 0.15) is 0 Å². The fourth-order valence-corrected chi connectivity index (χ4v) is 4.34. The smallest absolute Gasteiger partial charge is 0.253 e. The quantitative estimate of drug-likeness (QED) is 0.548. The van der Waals surface area contributed by atoms with Crippen LogP contribution in [0.15, 0.2) is 48.1 Å². The van der Waals surface area contributed by atoms with Gasteiger partial charge in [-0.1, -0.05) is 12.1 Å². The molecule has 3 aromatic rings. The minimum Gasteiger partial charge on any atom is -0.372 e. The van der Waals surface area contributed by atoms with Crippen LogP contribution in [0.3, 0.4) is 0 Å². The number of anilines is 2. The van der Waals surface area contributed by atoms with E-state index < -0.39 is 0 Å². The van der Waals surface area contributed by atoms with Gasteiger partial charge in [0.15, 0.2) is 5.13 Å². The van der Waals surface area contributed by atoms with E-state index in [0.717, 1.165) is 30.0 Å². The molecule has 2 aromatic heterocycles. The van der Waals surface area contributed by atoms with E-state index in [1.807, 2.05) is 17.5 Å². The van der Waals surface area contributed by atoms with Crippen molar-refractivity contribution in [2.75, 3.05) is 29.9 Å². The zero-order valence-electron chi connectivity index (χ0n) is 17.4. The number of aromatic nitrogens is 2. The van der Waals surface area contributed by atoms with Crippen LogP contribution in [0.25, 0.3) is 11.3 Å². The number of amides is 2. The van der Waals surface area contributed by atoms with E-state index in [-0.39, 0.29) is 30.6 Å². The van der Waals surface area contributed by atoms with Gasteiger partial charge in [0, 0.05) is 42.1 Å². The van der Waals surface area contributed by atoms with Gasteiger partial charge in [-0.15, -0.1) is 11.3 Å². The van der Waals surface area contributed by atoms with Crippen LogP contribution in [0, 0.1) is 0 Å². The number of H-pyrrole nitrogens is 1. The van der Waals surface area contributed by atoms with E-state index in [0.29, 0.717) is 10.7 Å². The fourth-order valence-electron chi connectivity index (χ4n) is 3.61. The highest BCUT2D eigenvalue weighted by molar-refractivity contribution is 7.14. The summed E-state index contributed by atoms with van der Waals surface area (Å²) in [5.41, 5.74) is 3.40. The lowest BCUT2D eigenvalue weighted by Gasteiger charge is -2.37. The van der Waals surface area contributed by atoms with Gasteiger partial charge in [0.2, 0.25) is 5.91 Å². The number of thiazole rings is 1. The molecule has 1 fully saturated rings. The number of nitrogens with one attached hydrogen (secondary N) is 3. The topological polar surface area (TPSA) is 99.4 Å². The molecule has 0 saturated carbocycles. The maximum absolute atomic E-state index is 12.2. The number of morpholine rings is 1. The lowest BCUT2D eigenvalue weighted by Crippen LogP contribution is -2.45. The highest BCUT2D eigenvalue weighted by atomic mass is 32.1. The van der Waals surface area contributed by atoms with Crippen molar-refractivity contribution in [3.05, 3.63) is 53.7 Å². The molecule has 8 nitrogen and oxygen atoms in total. The average Bonchev–Trinajstić information content (AvgIpc) is 3.44. The van der Waals surface area contributed by atoms with E-state index in [4.69, 9.17) is 4.74 Å². The summed E-state index contributed by atoms with van der Waals surface area (Å²) in [6, 6.07) is 9.88. The number of nitrogens with zero attached hydrogens (tertiary/aromatic N) is 2. The predicted octanol–water partition coefficient (Wildman–Crippen LogP) is 3.12. The molecular weight excluding hydrogens is 414 g/mol. The molecule has 4 rings (SSSR count). The van der Waals surface area contributed by atoms with Crippen LogP contribution in [-0.4, -0.2) is 53.6 Å². The minimum absolute atomic E-state index is 0.123. The number of rotatable bonds is 6. The Kier molecular flexibility index (Phi) is 6.34. The third kappa shape index (κ3) is 5.31. The first-order valence-electron chi connectivity index (χ1n) is 10.1. The number of benzene rings is 1. The van der Waals surface area contributed by atoms with Crippen LogP contribution in [0.5, 0.6) is 0 Å². The second-order valence-electron chi connectivity index (χ2n) is 7.58. The summed E-state index contributed by atoms with van der Waals surface area (Å²) in [6.45, 7) is 5.74. The molecule has 0 unspecified atom stereocenters. The first-order valence-corrected chi connectivity index (χ1v) is 11.0. The molecule has 2 atom stereocenters. The first kappa shape index (κ1) is 21.1. The van der Waals surface area contributed by atoms with Crippen molar-refractivity contribution in [3.8, 4) is 11.3 Å². The standard InChI is InChI=1S/C22H25N5O3S/c1-14-11-27(12-15(2)30-14)18-5-3-4-16(8-18)19-13-31-22(25-19)26-20(28)10-24-21(29)17-6-7-23-9-17/h3-9,13-15,23H,10-12H2,1-2H3,(H,24,29)(H,25,26,28)/t14-,15+. The Labute approximate surface area is 184 Å². The van der Waals surface area contributed by atoms with E-state index in [1.54, 1.807) is 18.5 Å². The van der Waals surface area contributed by atoms with Gasteiger partial charge < -0.3 is 25.3 Å². The van der Waals surface area contributed by atoms with Gasteiger partial charge in [-0.25, -0.2) is 4.98 Å². The monoisotopic (exact) mass is 439 g/mol. The molecule has 0 radical (unpaired) electrons. The molecular formula is C22H25N5O3S. The molecule has 0 aliphatic carbocycles. The Balaban J connectivity index is 1.37. The van der Waals surface area contributed by atoms with Crippen molar-refractivity contribution in [3.63, 3.8) is 0 Å². The Bertz CT molecular complexity index is 1040. The highest BCUT2D eigenvalue weighted by Crippen LogP contribution is 2.29. The normalized spacial score (nSPS) is 18.6. The molecule has 1 aliphatic heterocycles. The number of hydrogen-bond donors (Lipinski definition) is 3. The van der Waals surface area contributed by atoms with Crippen LogP contribution in [-0.2, 0) is 9.53 Å². The predicted molar refractivity (Wildman–Crippen MR) is 122 cm³/mol. The summed E-state index contributed by atoms with van der Waals surface area (Å²) in [7, 11) is 0. The molecule has 162 valence electrons. The van der Waals surface area contributed by atoms with Gasteiger partial charge in [0.05, 0.1) is 30.0 Å². The van der Waals surface area contributed by atoms with Gasteiger partial charge in [-0.05, 0) is 32.0 Å². The number of hydrogen-bond acceptors (Lipinski definition) is 6. The van der Waals surface area contributed by atoms with E-state index in [2.05, 4.69) is 51.5 Å². The lowest BCUT2D eigenvalue weighted by molar-refractivity contribution is -0.115. The van der Waals surface area contributed by atoms with Crippen molar-refractivity contribution < 1.29 is 14.3 Å². The largest absolute Gasteiger partial charge is 0.372 e. The molecule has 31 heavy (non-hydrogen) atoms. The fraction of sp³-hybridized carbons (Fsp3) is 0.318. The minimum atomic E-state index is -0.324. The molecule has 1 aromatic carbocycles. The van der Waals surface area contributed by atoms with Gasteiger partial charge in [0.25, 0.3) is 5.91 Å². The Hall–Kier alpha value is -3.17. The van der Waals surface area contributed by atoms with Crippen LogP contribution in [0.4, 0.5) is 10.8 Å². The van der Waals surface area contributed by atoms with Gasteiger partial charge in [-0.3, -0.25) is 9.59 Å². The molecule has 3 N–H and O–H groups in total. The number of ether oxygens (including phenoxy) is 1. The van der Waals surface area contributed by atoms with Gasteiger partial charge in [-0.2, -0.15) is 0 Å². The van der Waals surface area contributed by atoms with Crippen molar-refractivity contribution in [2.45, 2.75) is 26.1 Å². The third-order valence-electron chi connectivity index (χ3n) is 4.95. The lowest BCUT2D eigenvalue weighted by atomic mass is 10.1. The molecule has 9 heteroatoms. The maximum Gasteiger partial charge on any atom is 0.253 e. The van der Waals surface area contributed by atoms with E-state index >= 15 is 0 Å². The van der Waals surface area contributed by atoms with E-state index in [9.17, 15) is 9.59 Å². The summed E-state index contributed by atoms with van der Waals surface area (Å²) >= 11 is 1.35. The Morgan fingerprint density at radius 1 is 1.26 bits per heavy atom. The SMILES string of the molecule is C[C@@H]1CN(c2cccc(-c3csc(NC(=O)CNC(=O)c4cc[nH]c4)n3)c2)C[C@H](C)O1. The second-order valence-corrected chi connectivity index (χ2v) is 8.44. The summed E-state index contributed by atoms with van der Waals surface area (Å²) in [4.78, 5) is 33.8. The van der Waals surface area contributed by atoms with Crippen LogP contribution >= 0.6 is 11.3 Å². The zero-order chi connectivity index (χ0) is 21.8. The Morgan fingerprint density at radius 2 is 2.06 bits per heavy atom. The summed E-state index contributed by atoms with van der Waals surface area (Å²) in [6.07, 6.45) is 3.60. The molecule has 0 bridgehead atoms. The summed E-state index contributed by atoms with van der Waals surface area (Å²) in [5, 5.41) is 7.74. The summed E-state index contributed by atoms with van der Waals surface area (Å²) in [5.74, 6) is -0.630. The average molecular weight is 440 g/mol. The highest BCUT2D eigenvalue weighted by Gasteiger charge is 2.22. The van der Waals surface area contributed by atoms with Crippen LogP contribution in [0.1, 0.15) is 24.2 Å². The van der Waals surface area contributed by atoms with Crippen molar-refractivity contribution in [2.24, 2.45) is 0 Å². The van der Waals surface area contributed by atoms with Crippen LogP contribution < -0.4 is 15.5 Å². The Morgan fingerprint density at radius 3 is 2.81 bits per heavy atom. The molecule has 0 spiro atoms. The molecule has 3 heterocycles. The van der Waals surface area contributed by atoms with Gasteiger partial charge >= 0.3 is 0 Å². The second kappa shape index (κ2) is 9.32. The van der Waals surface area contributed by atoms with Crippen molar-refractivity contribution >= 4 is 34.0 Å². The molecule has 1 saturated heterocycles. The van der Waals surface area contributed by atoms with Crippen molar-refractivity contribution in [1.82, 2.24) is 15.3 Å². The van der Waals surface area contributed by atoms with Crippen LogP contribution in [0.2, 0.25) is 0 Å². The first-order chi connectivity index (χ1) is 15.0. The maximum atomic E-state index is 12.2. The zero-order valence-corrected chi connectivity index (χ0v) is 18.2.